The molecule has 0 aliphatic carbocycles. The zero-order chi connectivity index (χ0) is 10.6. The lowest BCUT2D eigenvalue weighted by Gasteiger charge is -2.07. The smallest absolute Gasteiger partial charge is 0.154 e. The highest BCUT2D eigenvalue weighted by Crippen LogP contribution is 2.13. The first kappa shape index (κ1) is 10.9. The van der Waals surface area contributed by atoms with E-state index in [9.17, 15) is 0 Å². The van der Waals surface area contributed by atoms with E-state index in [2.05, 4.69) is 30.4 Å². The molecule has 0 bridgehead atoms. The fourth-order valence-electron chi connectivity index (χ4n) is 1.13. The Morgan fingerprint density at radius 3 is 2.71 bits per heavy atom. The fraction of sp³-hybridized carbons (Fsp3) is 0.455. The number of hydrogen-bond acceptors (Lipinski definition) is 3. The third-order valence-electron chi connectivity index (χ3n) is 1.89. The molecular formula is C11H16N2O. The summed E-state index contributed by atoms with van der Waals surface area (Å²) in [7, 11) is 1.64. The van der Waals surface area contributed by atoms with Crippen molar-refractivity contribution in [3.8, 4) is 0 Å². The predicted octanol–water partition coefficient (Wildman–Crippen LogP) is 2.39. The molecule has 1 aromatic rings. The molecule has 0 unspecified atom stereocenters. The van der Waals surface area contributed by atoms with Gasteiger partial charge < -0.3 is 4.74 Å². The zero-order valence-electron chi connectivity index (χ0n) is 8.95. The molecule has 0 amide bonds. The predicted molar refractivity (Wildman–Crippen MR) is 56.9 cm³/mol. The quantitative estimate of drug-likeness (QED) is 0.734. The Labute approximate surface area is 84.8 Å². The SMILES string of the molecule is C=Cc1cc(C(C)C)nc(COC)n1. The lowest BCUT2D eigenvalue weighted by atomic mass is 10.1. The summed E-state index contributed by atoms with van der Waals surface area (Å²) in [4.78, 5) is 8.66. The zero-order valence-corrected chi connectivity index (χ0v) is 8.95. The van der Waals surface area contributed by atoms with Crippen LogP contribution >= 0.6 is 0 Å². The third kappa shape index (κ3) is 2.64. The largest absolute Gasteiger partial charge is 0.377 e. The van der Waals surface area contributed by atoms with Gasteiger partial charge in [-0.3, -0.25) is 0 Å². The van der Waals surface area contributed by atoms with Crippen molar-refractivity contribution in [3.63, 3.8) is 0 Å². The molecule has 0 atom stereocenters. The van der Waals surface area contributed by atoms with Crippen LogP contribution in [0, 0.1) is 0 Å². The van der Waals surface area contributed by atoms with Gasteiger partial charge in [0.15, 0.2) is 5.82 Å². The van der Waals surface area contributed by atoms with Crippen LogP contribution in [-0.4, -0.2) is 17.1 Å². The number of rotatable bonds is 4. The van der Waals surface area contributed by atoms with E-state index in [1.165, 1.54) is 0 Å². The van der Waals surface area contributed by atoms with Gasteiger partial charge in [0.1, 0.15) is 6.61 Å². The van der Waals surface area contributed by atoms with Crippen molar-refractivity contribution in [3.05, 3.63) is 29.9 Å². The standard InChI is InChI=1S/C11H16N2O/c1-5-9-6-10(8(2)3)13-11(12-9)7-14-4/h5-6,8H,1,7H2,2-4H3. The summed E-state index contributed by atoms with van der Waals surface area (Å²) in [6.07, 6.45) is 1.73. The molecule has 0 fully saturated rings. The summed E-state index contributed by atoms with van der Waals surface area (Å²) < 4.78 is 5.00. The van der Waals surface area contributed by atoms with Crippen molar-refractivity contribution in [2.45, 2.75) is 26.4 Å². The van der Waals surface area contributed by atoms with Gasteiger partial charge in [-0.05, 0) is 18.1 Å². The molecule has 1 rings (SSSR count). The van der Waals surface area contributed by atoms with Gasteiger partial charge in [0.2, 0.25) is 0 Å². The topological polar surface area (TPSA) is 35.0 Å². The van der Waals surface area contributed by atoms with Crippen LogP contribution < -0.4 is 0 Å². The van der Waals surface area contributed by atoms with E-state index in [0.29, 0.717) is 18.3 Å². The van der Waals surface area contributed by atoms with Gasteiger partial charge in [-0.2, -0.15) is 0 Å². The van der Waals surface area contributed by atoms with E-state index in [4.69, 9.17) is 4.74 Å². The Hall–Kier alpha value is -1.22. The lowest BCUT2D eigenvalue weighted by Crippen LogP contribution is -2.03. The molecule has 0 aromatic carbocycles. The van der Waals surface area contributed by atoms with Crippen LogP contribution in [0.2, 0.25) is 0 Å². The maximum absolute atomic E-state index is 5.00. The molecule has 0 spiro atoms. The number of ether oxygens (including phenoxy) is 1. The number of methoxy groups -OCH3 is 1. The molecule has 1 aromatic heterocycles. The van der Waals surface area contributed by atoms with Crippen LogP contribution in [0.3, 0.4) is 0 Å². The van der Waals surface area contributed by atoms with Crippen LogP contribution in [0.4, 0.5) is 0 Å². The molecule has 14 heavy (non-hydrogen) atoms. The van der Waals surface area contributed by atoms with Gasteiger partial charge in [-0.1, -0.05) is 20.4 Å². The number of hydrogen-bond donors (Lipinski definition) is 0. The second-order valence-corrected chi connectivity index (χ2v) is 3.43. The first-order chi connectivity index (χ1) is 6.67. The Morgan fingerprint density at radius 1 is 1.50 bits per heavy atom. The van der Waals surface area contributed by atoms with E-state index in [1.807, 2.05) is 6.07 Å². The van der Waals surface area contributed by atoms with E-state index in [-0.39, 0.29) is 0 Å². The van der Waals surface area contributed by atoms with Crippen molar-refractivity contribution in [2.24, 2.45) is 0 Å². The summed E-state index contributed by atoms with van der Waals surface area (Å²) in [5.41, 5.74) is 1.89. The van der Waals surface area contributed by atoms with Gasteiger partial charge >= 0.3 is 0 Å². The maximum Gasteiger partial charge on any atom is 0.154 e. The molecule has 0 aliphatic heterocycles. The highest BCUT2D eigenvalue weighted by molar-refractivity contribution is 5.42. The van der Waals surface area contributed by atoms with Crippen LogP contribution in [0.5, 0.6) is 0 Å². The van der Waals surface area contributed by atoms with Crippen molar-refractivity contribution >= 4 is 6.08 Å². The molecule has 0 aliphatic rings. The van der Waals surface area contributed by atoms with Crippen molar-refractivity contribution in [2.75, 3.05) is 7.11 Å². The van der Waals surface area contributed by atoms with Crippen LogP contribution in [0.15, 0.2) is 12.6 Å². The minimum atomic E-state index is 0.396. The van der Waals surface area contributed by atoms with Crippen molar-refractivity contribution in [1.29, 1.82) is 0 Å². The summed E-state index contributed by atoms with van der Waals surface area (Å²) in [6.45, 7) is 8.35. The van der Waals surface area contributed by atoms with E-state index in [0.717, 1.165) is 11.4 Å². The van der Waals surface area contributed by atoms with Gasteiger partial charge in [0.25, 0.3) is 0 Å². The highest BCUT2D eigenvalue weighted by Gasteiger charge is 2.05. The highest BCUT2D eigenvalue weighted by atomic mass is 16.5. The van der Waals surface area contributed by atoms with Crippen LogP contribution in [0.1, 0.15) is 37.0 Å². The molecule has 0 saturated carbocycles. The van der Waals surface area contributed by atoms with Gasteiger partial charge in [0, 0.05) is 12.8 Å². The van der Waals surface area contributed by atoms with Gasteiger partial charge in [-0.15, -0.1) is 0 Å². The minimum absolute atomic E-state index is 0.396. The molecule has 0 saturated heterocycles. The Bertz CT molecular complexity index is 321. The summed E-state index contributed by atoms with van der Waals surface area (Å²) >= 11 is 0. The maximum atomic E-state index is 5.00. The Kier molecular flexibility index (Phi) is 3.77. The Balaban J connectivity index is 3.06. The molecule has 0 N–H and O–H groups in total. The first-order valence-corrected chi connectivity index (χ1v) is 4.66. The van der Waals surface area contributed by atoms with Gasteiger partial charge in [-0.25, -0.2) is 9.97 Å². The second-order valence-electron chi connectivity index (χ2n) is 3.43. The fourth-order valence-corrected chi connectivity index (χ4v) is 1.13. The second kappa shape index (κ2) is 4.86. The van der Waals surface area contributed by atoms with Crippen molar-refractivity contribution in [1.82, 2.24) is 9.97 Å². The normalized spacial score (nSPS) is 10.6. The van der Waals surface area contributed by atoms with Crippen molar-refractivity contribution < 1.29 is 4.74 Å². The van der Waals surface area contributed by atoms with Gasteiger partial charge in [0.05, 0.1) is 5.69 Å². The molecular weight excluding hydrogens is 176 g/mol. The molecule has 76 valence electrons. The average Bonchev–Trinajstić information content (AvgIpc) is 2.17. The van der Waals surface area contributed by atoms with Crippen LogP contribution in [0.25, 0.3) is 6.08 Å². The summed E-state index contributed by atoms with van der Waals surface area (Å²) in [6, 6.07) is 1.96. The molecule has 1 heterocycles. The minimum Gasteiger partial charge on any atom is -0.377 e. The molecule has 0 radical (unpaired) electrons. The average molecular weight is 192 g/mol. The molecule has 3 heteroatoms. The number of aromatic nitrogens is 2. The third-order valence-corrected chi connectivity index (χ3v) is 1.89. The summed E-state index contributed by atoms with van der Waals surface area (Å²) in [5, 5.41) is 0. The van der Waals surface area contributed by atoms with Crippen LogP contribution in [-0.2, 0) is 11.3 Å². The number of nitrogens with zero attached hydrogens (tertiary/aromatic N) is 2. The van der Waals surface area contributed by atoms with E-state index >= 15 is 0 Å². The monoisotopic (exact) mass is 192 g/mol. The summed E-state index contributed by atoms with van der Waals surface area (Å²) in [5.74, 6) is 1.11. The molecule has 3 nitrogen and oxygen atoms in total. The lowest BCUT2D eigenvalue weighted by molar-refractivity contribution is 0.177. The first-order valence-electron chi connectivity index (χ1n) is 4.66. The Morgan fingerprint density at radius 2 is 2.21 bits per heavy atom. The van der Waals surface area contributed by atoms with E-state index in [1.54, 1.807) is 13.2 Å². The van der Waals surface area contributed by atoms with E-state index < -0.39 is 0 Å².